The fourth-order valence-electron chi connectivity index (χ4n) is 3.91. The summed E-state index contributed by atoms with van der Waals surface area (Å²) in [6, 6.07) is 15.3. The third-order valence-electron chi connectivity index (χ3n) is 5.33. The summed E-state index contributed by atoms with van der Waals surface area (Å²) in [5, 5.41) is 1.26. The first-order chi connectivity index (χ1) is 13.6. The van der Waals surface area contributed by atoms with Gasteiger partial charge in [-0.3, -0.25) is 9.59 Å². The lowest BCUT2D eigenvalue weighted by molar-refractivity contribution is -0.119. The molecule has 144 valence electrons. The summed E-state index contributed by atoms with van der Waals surface area (Å²) in [6.45, 7) is 1.13. The quantitative estimate of drug-likeness (QED) is 0.716. The van der Waals surface area contributed by atoms with Crippen molar-refractivity contribution in [2.24, 2.45) is 5.73 Å². The molecule has 0 unspecified atom stereocenters. The minimum atomic E-state index is -0.568. The zero-order chi connectivity index (χ0) is 19.5. The normalized spacial score (nSPS) is 14.9. The number of likely N-dealkylation sites (tertiary alicyclic amines) is 1. The van der Waals surface area contributed by atoms with Crippen molar-refractivity contribution in [1.29, 1.82) is 0 Å². The van der Waals surface area contributed by atoms with Crippen LogP contribution in [0.2, 0.25) is 0 Å². The molecule has 1 fully saturated rings. The molecule has 3 N–H and O–H groups in total. The first-order valence-corrected chi connectivity index (χ1v) is 9.49. The van der Waals surface area contributed by atoms with Gasteiger partial charge in [0.05, 0.1) is 5.56 Å². The lowest BCUT2D eigenvalue weighted by Crippen LogP contribution is -2.38. The average Bonchev–Trinajstić information content (AvgIpc) is 3.16. The Kier molecular flexibility index (Phi) is 5.02. The van der Waals surface area contributed by atoms with E-state index in [9.17, 15) is 9.59 Å². The Morgan fingerprint density at radius 3 is 2.57 bits per heavy atom. The Hall–Kier alpha value is -3.28. The molecule has 2 aromatic carbocycles. The molecule has 0 atom stereocenters. The Labute approximate surface area is 163 Å². The van der Waals surface area contributed by atoms with Gasteiger partial charge in [-0.25, -0.2) is 0 Å². The van der Waals surface area contributed by atoms with Crippen LogP contribution in [-0.2, 0) is 4.79 Å². The number of carbonyl (C=O) groups excluding carboxylic acids is 2. The van der Waals surface area contributed by atoms with Crippen molar-refractivity contribution in [1.82, 2.24) is 9.88 Å². The fourth-order valence-corrected chi connectivity index (χ4v) is 3.91. The molecule has 1 saturated heterocycles. The number of piperidine rings is 1. The number of primary amides is 1. The highest BCUT2D eigenvalue weighted by atomic mass is 16.5. The van der Waals surface area contributed by atoms with Gasteiger partial charge in [0.2, 0.25) is 0 Å². The van der Waals surface area contributed by atoms with Crippen molar-refractivity contribution >= 4 is 22.7 Å². The molecule has 0 aliphatic carbocycles. The molecule has 6 heteroatoms. The van der Waals surface area contributed by atoms with Crippen LogP contribution in [0.15, 0.2) is 54.7 Å². The van der Waals surface area contributed by atoms with E-state index >= 15 is 0 Å². The molecule has 4 rings (SSSR count). The van der Waals surface area contributed by atoms with E-state index in [4.69, 9.17) is 10.5 Å². The van der Waals surface area contributed by atoms with E-state index in [0.717, 1.165) is 18.4 Å². The zero-order valence-corrected chi connectivity index (χ0v) is 15.6. The minimum Gasteiger partial charge on any atom is -0.483 e. The van der Waals surface area contributed by atoms with Crippen molar-refractivity contribution in [2.75, 3.05) is 19.7 Å². The highest BCUT2D eigenvalue weighted by Crippen LogP contribution is 2.34. The second kappa shape index (κ2) is 7.76. The predicted octanol–water partition coefficient (Wildman–Crippen LogP) is 3.05. The molecule has 0 bridgehead atoms. The Morgan fingerprint density at radius 1 is 1.07 bits per heavy atom. The number of nitrogens with one attached hydrogen (secondary N) is 1. The van der Waals surface area contributed by atoms with E-state index in [1.807, 2.05) is 11.0 Å². The topological polar surface area (TPSA) is 88.4 Å². The van der Waals surface area contributed by atoms with Crippen LogP contribution in [0.1, 0.15) is 34.7 Å². The largest absolute Gasteiger partial charge is 0.483 e. The van der Waals surface area contributed by atoms with Gasteiger partial charge in [-0.1, -0.05) is 30.3 Å². The molecule has 0 radical (unpaired) electrons. The van der Waals surface area contributed by atoms with Gasteiger partial charge in [0.25, 0.3) is 11.8 Å². The maximum absolute atomic E-state index is 13.0. The van der Waals surface area contributed by atoms with Gasteiger partial charge >= 0.3 is 0 Å². The van der Waals surface area contributed by atoms with Gasteiger partial charge in [0, 0.05) is 30.2 Å². The minimum absolute atomic E-state index is 0.0718. The smallest absolute Gasteiger partial charge is 0.257 e. The second-order valence-corrected chi connectivity index (χ2v) is 7.11. The first-order valence-electron chi connectivity index (χ1n) is 9.49. The maximum atomic E-state index is 13.0. The molecule has 1 aliphatic heterocycles. The number of aromatic nitrogens is 1. The van der Waals surface area contributed by atoms with E-state index in [-0.39, 0.29) is 12.5 Å². The molecule has 2 amide bonds. The molecule has 0 spiro atoms. The third-order valence-corrected chi connectivity index (χ3v) is 5.33. The Morgan fingerprint density at radius 2 is 1.79 bits per heavy atom. The molecule has 2 heterocycles. The predicted molar refractivity (Wildman–Crippen MR) is 107 cm³/mol. The van der Waals surface area contributed by atoms with Crippen LogP contribution < -0.4 is 10.5 Å². The van der Waals surface area contributed by atoms with Gasteiger partial charge in [0.1, 0.15) is 5.75 Å². The van der Waals surface area contributed by atoms with Gasteiger partial charge in [0.15, 0.2) is 6.61 Å². The number of ether oxygens (including phenoxy) is 1. The molecule has 1 aromatic heterocycles. The Balaban J connectivity index is 1.45. The van der Waals surface area contributed by atoms with Crippen molar-refractivity contribution in [3.8, 4) is 5.75 Å². The standard InChI is InChI=1S/C22H23N3O3/c23-21(26)14-28-20-8-4-2-6-17(20)22(27)25-11-9-15(10-12-25)18-13-24-19-7-3-1-5-16(18)19/h1-8,13,15,24H,9-12,14H2,(H2,23,26). The Bertz CT molecular complexity index is 1000. The van der Waals surface area contributed by atoms with Gasteiger partial charge in [-0.15, -0.1) is 0 Å². The van der Waals surface area contributed by atoms with E-state index in [0.29, 0.717) is 30.3 Å². The van der Waals surface area contributed by atoms with Gasteiger partial charge < -0.3 is 20.4 Å². The van der Waals surface area contributed by atoms with Crippen LogP contribution in [0.5, 0.6) is 5.75 Å². The van der Waals surface area contributed by atoms with Gasteiger partial charge in [-0.05, 0) is 42.5 Å². The van der Waals surface area contributed by atoms with E-state index in [1.165, 1.54) is 10.9 Å². The highest BCUT2D eigenvalue weighted by Gasteiger charge is 2.27. The highest BCUT2D eigenvalue weighted by molar-refractivity contribution is 5.97. The molecular weight excluding hydrogens is 354 g/mol. The van der Waals surface area contributed by atoms with E-state index in [2.05, 4.69) is 29.4 Å². The first kappa shape index (κ1) is 18.1. The number of hydrogen-bond acceptors (Lipinski definition) is 3. The number of H-pyrrole nitrogens is 1. The molecule has 1 aliphatic rings. The maximum Gasteiger partial charge on any atom is 0.257 e. The van der Waals surface area contributed by atoms with E-state index in [1.54, 1.807) is 24.3 Å². The number of carbonyl (C=O) groups is 2. The molecule has 3 aromatic rings. The van der Waals surface area contributed by atoms with Crippen LogP contribution >= 0.6 is 0 Å². The summed E-state index contributed by atoms with van der Waals surface area (Å²) in [7, 11) is 0. The van der Waals surface area contributed by atoms with Crippen molar-refractivity contribution in [3.63, 3.8) is 0 Å². The molecule has 6 nitrogen and oxygen atoms in total. The number of nitrogens with two attached hydrogens (primary N) is 1. The average molecular weight is 377 g/mol. The van der Waals surface area contributed by atoms with Crippen molar-refractivity contribution in [2.45, 2.75) is 18.8 Å². The summed E-state index contributed by atoms with van der Waals surface area (Å²) in [4.78, 5) is 29.2. The number of amides is 2. The van der Waals surface area contributed by atoms with Crippen LogP contribution in [0.3, 0.4) is 0 Å². The number of aromatic amines is 1. The molecule has 0 saturated carbocycles. The lowest BCUT2D eigenvalue weighted by Gasteiger charge is -2.32. The monoisotopic (exact) mass is 377 g/mol. The SMILES string of the molecule is NC(=O)COc1ccccc1C(=O)N1CCC(c2c[nH]c3ccccc23)CC1. The second-order valence-electron chi connectivity index (χ2n) is 7.11. The molecular formula is C22H23N3O3. The number of rotatable bonds is 5. The number of para-hydroxylation sites is 2. The van der Waals surface area contributed by atoms with Gasteiger partial charge in [-0.2, -0.15) is 0 Å². The van der Waals surface area contributed by atoms with Crippen molar-refractivity contribution in [3.05, 3.63) is 65.9 Å². The fraction of sp³-hybridized carbons (Fsp3) is 0.273. The van der Waals surface area contributed by atoms with Crippen LogP contribution in [0.4, 0.5) is 0 Å². The molecule has 28 heavy (non-hydrogen) atoms. The summed E-state index contributed by atoms with van der Waals surface area (Å²) in [6.07, 6.45) is 3.93. The lowest BCUT2D eigenvalue weighted by atomic mass is 9.89. The summed E-state index contributed by atoms with van der Waals surface area (Å²) in [5.41, 5.74) is 8.09. The summed E-state index contributed by atoms with van der Waals surface area (Å²) in [5.74, 6) is 0.186. The third kappa shape index (κ3) is 3.58. The summed E-state index contributed by atoms with van der Waals surface area (Å²) < 4.78 is 5.41. The zero-order valence-electron chi connectivity index (χ0n) is 15.6. The van der Waals surface area contributed by atoms with Crippen LogP contribution in [0.25, 0.3) is 10.9 Å². The van der Waals surface area contributed by atoms with Crippen LogP contribution in [0, 0.1) is 0 Å². The summed E-state index contributed by atoms with van der Waals surface area (Å²) >= 11 is 0. The van der Waals surface area contributed by atoms with Crippen molar-refractivity contribution < 1.29 is 14.3 Å². The number of hydrogen-bond donors (Lipinski definition) is 2. The number of fused-ring (bicyclic) bond motifs is 1. The van der Waals surface area contributed by atoms with E-state index < -0.39 is 5.91 Å². The number of nitrogens with zero attached hydrogens (tertiary/aromatic N) is 1. The van der Waals surface area contributed by atoms with Crippen LogP contribution in [-0.4, -0.2) is 41.4 Å². The number of benzene rings is 2.